The van der Waals surface area contributed by atoms with E-state index >= 15 is 0 Å². The van der Waals surface area contributed by atoms with E-state index < -0.39 is 0 Å². The molecule has 19 heavy (non-hydrogen) atoms. The van der Waals surface area contributed by atoms with Crippen LogP contribution in [0.15, 0.2) is 30.5 Å². The molecule has 0 fully saturated rings. The number of nitrogens with zero attached hydrogens (tertiary/aromatic N) is 1. The van der Waals surface area contributed by atoms with Crippen LogP contribution >= 0.6 is 0 Å². The third-order valence-electron chi connectivity index (χ3n) is 3.18. The molecule has 0 aliphatic heterocycles. The summed E-state index contributed by atoms with van der Waals surface area (Å²) in [5.74, 6) is -0.0612. The highest BCUT2D eigenvalue weighted by Crippen LogP contribution is 2.16. The van der Waals surface area contributed by atoms with Crippen LogP contribution in [0, 0.1) is 13.8 Å². The lowest BCUT2D eigenvalue weighted by molar-refractivity contribution is 0.0934. The van der Waals surface area contributed by atoms with E-state index in [0.29, 0.717) is 5.56 Å². The Bertz CT molecular complexity index is 574. The quantitative estimate of drug-likeness (QED) is 0.884. The second kappa shape index (κ2) is 5.69. The van der Waals surface area contributed by atoms with Gasteiger partial charge in [0.05, 0.1) is 17.3 Å². The third-order valence-corrected chi connectivity index (χ3v) is 3.18. The van der Waals surface area contributed by atoms with Gasteiger partial charge >= 0.3 is 0 Å². The predicted octanol–water partition coefficient (Wildman–Crippen LogP) is 2.91. The predicted molar refractivity (Wildman–Crippen MR) is 75.0 cm³/mol. The number of aromatic nitrogens is 2. The average molecular weight is 257 g/mol. The van der Waals surface area contributed by atoms with E-state index in [1.807, 2.05) is 39.0 Å². The maximum Gasteiger partial charge on any atom is 0.253 e. The maximum atomic E-state index is 12.2. The first-order valence-electron chi connectivity index (χ1n) is 6.50. The van der Waals surface area contributed by atoms with E-state index in [1.54, 1.807) is 12.3 Å². The number of carbonyl (C=O) groups excluding carboxylic acids is 1. The second-order valence-corrected chi connectivity index (χ2v) is 4.65. The lowest BCUT2D eigenvalue weighted by atomic mass is 10.1. The molecule has 1 atom stereocenters. The van der Waals surface area contributed by atoms with Crippen molar-refractivity contribution in [1.82, 2.24) is 15.3 Å². The van der Waals surface area contributed by atoms with Crippen molar-refractivity contribution in [1.29, 1.82) is 0 Å². The van der Waals surface area contributed by atoms with Gasteiger partial charge in [0, 0.05) is 17.6 Å². The lowest BCUT2D eigenvalue weighted by Crippen LogP contribution is -2.29. The van der Waals surface area contributed by atoms with Gasteiger partial charge in [-0.3, -0.25) is 9.78 Å². The van der Waals surface area contributed by atoms with Gasteiger partial charge in [-0.15, -0.1) is 0 Å². The van der Waals surface area contributed by atoms with Gasteiger partial charge in [0.2, 0.25) is 0 Å². The zero-order valence-electron chi connectivity index (χ0n) is 11.5. The van der Waals surface area contributed by atoms with Gasteiger partial charge in [0.25, 0.3) is 5.91 Å². The van der Waals surface area contributed by atoms with Crippen molar-refractivity contribution in [3.05, 3.63) is 53.1 Å². The molecule has 1 amide bonds. The Hall–Kier alpha value is -2.10. The van der Waals surface area contributed by atoms with Gasteiger partial charge in [-0.05, 0) is 38.5 Å². The second-order valence-electron chi connectivity index (χ2n) is 4.65. The Morgan fingerprint density at radius 2 is 2.16 bits per heavy atom. The summed E-state index contributed by atoms with van der Waals surface area (Å²) in [5, 5.41) is 3.03. The van der Waals surface area contributed by atoms with Crippen LogP contribution in [0.2, 0.25) is 0 Å². The van der Waals surface area contributed by atoms with E-state index in [-0.39, 0.29) is 11.9 Å². The molecule has 0 saturated carbocycles. The summed E-state index contributed by atoms with van der Waals surface area (Å²) in [4.78, 5) is 19.7. The molecule has 2 N–H and O–H groups in total. The molecular formula is C15H19N3O. The normalized spacial score (nSPS) is 12.2. The van der Waals surface area contributed by atoms with Crippen molar-refractivity contribution in [2.75, 3.05) is 0 Å². The van der Waals surface area contributed by atoms with Crippen LogP contribution in [-0.2, 0) is 0 Å². The van der Waals surface area contributed by atoms with Gasteiger partial charge in [0.1, 0.15) is 0 Å². The minimum absolute atomic E-state index is 0.0540. The number of rotatable bonds is 4. The topological polar surface area (TPSA) is 57.8 Å². The first-order valence-corrected chi connectivity index (χ1v) is 6.50. The average Bonchev–Trinajstić information content (AvgIpc) is 2.82. The molecule has 0 aromatic carbocycles. The molecule has 0 spiro atoms. The first kappa shape index (κ1) is 13.3. The summed E-state index contributed by atoms with van der Waals surface area (Å²) in [7, 11) is 0. The van der Waals surface area contributed by atoms with Crippen LogP contribution in [0.4, 0.5) is 0 Å². The molecule has 0 radical (unpaired) electrons. The van der Waals surface area contributed by atoms with Crippen LogP contribution < -0.4 is 5.32 Å². The summed E-state index contributed by atoms with van der Waals surface area (Å²) < 4.78 is 0. The smallest absolute Gasteiger partial charge is 0.253 e. The Kier molecular flexibility index (Phi) is 4.00. The maximum absolute atomic E-state index is 12.2. The molecule has 2 rings (SSSR count). The zero-order valence-corrected chi connectivity index (χ0v) is 11.5. The van der Waals surface area contributed by atoms with Gasteiger partial charge in [0.15, 0.2) is 0 Å². The highest BCUT2D eigenvalue weighted by molar-refractivity contribution is 5.95. The molecule has 0 aliphatic carbocycles. The fourth-order valence-corrected chi connectivity index (χ4v) is 2.08. The van der Waals surface area contributed by atoms with E-state index in [2.05, 4.69) is 15.3 Å². The molecule has 4 nitrogen and oxygen atoms in total. The van der Waals surface area contributed by atoms with Gasteiger partial charge < -0.3 is 10.3 Å². The summed E-state index contributed by atoms with van der Waals surface area (Å²) in [6.07, 6.45) is 2.59. The number of nitrogens with one attached hydrogen (secondary N) is 2. The minimum atomic E-state index is -0.0612. The zero-order chi connectivity index (χ0) is 13.8. The van der Waals surface area contributed by atoms with E-state index in [4.69, 9.17) is 0 Å². The number of carbonyl (C=O) groups is 1. The molecule has 2 heterocycles. The van der Waals surface area contributed by atoms with Crippen LogP contribution in [0.3, 0.4) is 0 Å². The number of amides is 1. The van der Waals surface area contributed by atoms with Crippen molar-refractivity contribution in [2.45, 2.75) is 33.2 Å². The molecule has 0 bridgehead atoms. The molecule has 2 aromatic rings. The minimum Gasteiger partial charge on any atom is -0.365 e. The van der Waals surface area contributed by atoms with Crippen molar-refractivity contribution >= 4 is 5.91 Å². The molecule has 2 aromatic heterocycles. The van der Waals surface area contributed by atoms with Crippen LogP contribution in [0.5, 0.6) is 0 Å². The summed E-state index contributed by atoms with van der Waals surface area (Å²) in [6, 6.07) is 7.61. The van der Waals surface area contributed by atoms with E-state index in [9.17, 15) is 4.79 Å². The highest BCUT2D eigenvalue weighted by atomic mass is 16.1. The Balaban J connectivity index is 2.16. The molecule has 0 aliphatic rings. The summed E-state index contributed by atoms with van der Waals surface area (Å²) >= 11 is 0. The number of aryl methyl sites for hydroxylation is 2. The lowest BCUT2D eigenvalue weighted by Gasteiger charge is -2.16. The van der Waals surface area contributed by atoms with Gasteiger partial charge in [-0.1, -0.05) is 13.0 Å². The SMILES string of the molecule is CCC(NC(=O)c1cc[nH]c1C)c1cccc(C)n1. The Labute approximate surface area is 113 Å². The summed E-state index contributed by atoms with van der Waals surface area (Å²) in [5.41, 5.74) is 3.43. The molecule has 0 saturated heterocycles. The fraction of sp³-hybridized carbons (Fsp3) is 0.333. The number of pyridine rings is 1. The largest absolute Gasteiger partial charge is 0.365 e. The van der Waals surface area contributed by atoms with Crippen molar-refractivity contribution in [3.63, 3.8) is 0 Å². The number of aromatic amines is 1. The van der Waals surface area contributed by atoms with Crippen LogP contribution in [-0.4, -0.2) is 15.9 Å². The van der Waals surface area contributed by atoms with Crippen molar-refractivity contribution in [2.24, 2.45) is 0 Å². The molecule has 4 heteroatoms. The molecule has 1 unspecified atom stereocenters. The standard InChI is InChI=1S/C15H19N3O/c1-4-13(14-7-5-6-10(2)17-14)18-15(19)12-8-9-16-11(12)3/h5-9,13,16H,4H2,1-3H3,(H,18,19). The molecular weight excluding hydrogens is 238 g/mol. The third kappa shape index (κ3) is 3.02. The van der Waals surface area contributed by atoms with Crippen molar-refractivity contribution < 1.29 is 4.79 Å². The van der Waals surface area contributed by atoms with Gasteiger partial charge in [-0.2, -0.15) is 0 Å². The Morgan fingerprint density at radius 3 is 2.74 bits per heavy atom. The van der Waals surface area contributed by atoms with Crippen molar-refractivity contribution in [3.8, 4) is 0 Å². The monoisotopic (exact) mass is 257 g/mol. The number of H-pyrrole nitrogens is 1. The fourth-order valence-electron chi connectivity index (χ4n) is 2.08. The number of hydrogen-bond donors (Lipinski definition) is 2. The number of hydrogen-bond acceptors (Lipinski definition) is 2. The van der Waals surface area contributed by atoms with E-state index in [0.717, 1.165) is 23.5 Å². The van der Waals surface area contributed by atoms with E-state index in [1.165, 1.54) is 0 Å². The molecule has 100 valence electrons. The van der Waals surface area contributed by atoms with Crippen LogP contribution in [0.1, 0.15) is 46.8 Å². The van der Waals surface area contributed by atoms with Gasteiger partial charge in [-0.25, -0.2) is 0 Å². The van der Waals surface area contributed by atoms with Crippen LogP contribution in [0.25, 0.3) is 0 Å². The summed E-state index contributed by atoms with van der Waals surface area (Å²) in [6.45, 7) is 5.88. The Morgan fingerprint density at radius 1 is 1.37 bits per heavy atom. The first-order chi connectivity index (χ1) is 9.11. The highest BCUT2D eigenvalue weighted by Gasteiger charge is 2.16.